The highest BCUT2D eigenvalue weighted by molar-refractivity contribution is 7.92. The van der Waals surface area contributed by atoms with Gasteiger partial charge >= 0.3 is 0 Å². The summed E-state index contributed by atoms with van der Waals surface area (Å²) in [7, 11) is -2.15. The van der Waals surface area contributed by atoms with E-state index in [1.54, 1.807) is 17.7 Å². The van der Waals surface area contributed by atoms with Crippen LogP contribution in [0.3, 0.4) is 0 Å². The first-order valence-electron chi connectivity index (χ1n) is 18.5. The molecule has 1 aromatic heterocycles. The molecule has 11 nitrogen and oxygen atoms in total. The number of benzene rings is 2. The number of sulfone groups is 1. The standard InChI is InChI=1S/C40H57N5O6S/c1-39(2,3)43-37(48)33-22-27-17-11-12-19-29(27)24-45(33)25-34(46)30(21-26-15-9-8-10-16-26)41-38(49)35(40(4,5)52(7,50)51)42-36(47)32-23-28-18-13-14-20-31(28)44(32)6/h8-10,13-16,18,20,23,27,29-30,33-35,46H,11-12,17,19,21-22,24-25H2,1-7H3,(H,41,49)(H,42,47)(H,43,48). The van der Waals surface area contributed by atoms with Gasteiger partial charge in [-0.25, -0.2) is 8.42 Å². The molecule has 6 unspecified atom stereocenters. The van der Waals surface area contributed by atoms with E-state index in [1.807, 2.05) is 75.4 Å². The van der Waals surface area contributed by atoms with Crippen LogP contribution in [-0.4, -0.2) is 94.6 Å². The topological polar surface area (TPSA) is 150 Å². The highest BCUT2D eigenvalue weighted by Crippen LogP contribution is 2.39. The van der Waals surface area contributed by atoms with Crippen molar-refractivity contribution in [3.63, 3.8) is 0 Å². The normalized spacial score (nSPS) is 21.8. The van der Waals surface area contributed by atoms with Crippen LogP contribution in [0.25, 0.3) is 10.9 Å². The minimum absolute atomic E-state index is 0.0709. The van der Waals surface area contributed by atoms with Crippen LogP contribution < -0.4 is 16.0 Å². The minimum Gasteiger partial charge on any atom is -0.390 e. The number of aliphatic hydroxyl groups is 1. The Kier molecular flexibility index (Phi) is 11.9. The lowest BCUT2D eigenvalue weighted by Gasteiger charge is -2.47. The van der Waals surface area contributed by atoms with Crippen molar-refractivity contribution in [3.8, 4) is 0 Å². The van der Waals surface area contributed by atoms with E-state index < -0.39 is 56.2 Å². The number of carbonyl (C=O) groups excluding carboxylic acids is 3. The Morgan fingerprint density at radius 1 is 0.923 bits per heavy atom. The van der Waals surface area contributed by atoms with Crippen molar-refractivity contribution in [2.24, 2.45) is 18.9 Å². The molecule has 0 bridgehead atoms. The van der Waals surface area contributed by atoms with E-state index in [9.17, 15) is 27.9 Å². The first-order valence-corrected chi connectivity index (χ1v) is 20.4. The van der Waals surface area contributed by atoms with Crippen LogP contribution in [0, 0.1) is 11.8 Å². The van der Waals surface area contributed by atoms with Crippen LogP contribution in [0.2, 0.25) is 0 Å². The summed E-state index contributed by atoms with van der Waals surface area (Å²) in [6.07, 6.45) is 5.35. The van der Waals surface area contributed by atoms with E-state index >= 15 is 0 Å². The van der Waals surface area contributed by atoms with E-state index in [0.29, 0.717) is 24.8 Å². The largest absolute Gasteiger partial charge is 0.390 e. The van der Waals surface area contributed by atoms with Crippen molar-refractivity contribution in [2.75, 3.05) is 19.3 Å². The summed E-state index contributed by atoms with van der Waals surface area (Å²) < 4.78 is 26.4. The zero-order valence-corrected chi connectivity index (χ0v) is 32.5. The molecule has 2 heterocycles. The molecule has 2 aromatic carbocycles. The molecular weight excluding hydrogens is 679 g/mol. The Bertz CT molecular complexity index is 1850. The number of amides is 3. The second-order valence-electron chi connectivity index (χ2n) is 16.6. The van der Waals surface area contributed by atoms with Crippen molar-refractivity contribution < 1.29 is 27.9 Å². The quantitative estimate of drug-likeness (QED) is 0.220. The summed E-state index contributed by atoms with van der Waals surface area (Å²) in [5, 5.41) is 21.7. The smallest absolute Gasteiger partial charge is 0.268 e. The first-order chi connectivity index (χ1) is 24.4. The molecule has 5 rings (SSSR count). The molecule has 12 heteroatoms. The maximum atomic E-state index is 14.4. The van der Waals surface area contributed by atoms with Crippen molar-refractivity contribution in [1.82, 2.24) is 25.4 Å². The number of fused-ring (bicyclic) bond motifs is 2. The van der Waals surface area contributed by atoms with Gasteiger partial charge in [0.1, 0.15) is 11.7 Å². The summed E-state index contributed by atoms with van der Waals surface area (Å²) in [4.78, 5) is 44.0. The summed E-state index contributed by atoms with van der Waals surface area (Å²) in [6.45, 7) is 9.50. The van der Waals surface area contributed by atoms with Crippen molar-refractivity contribution in [2.45, 2.75) is 108 Å². The summed E-state index contributed by atoms with van der Waals surface area (Å²) in [6, 6.07) is 15.8. The molecule has 52 heavy (non-hydrogen) atoms. The van der Waals surface area contributed by atoms with Crippen LogP contribution in [0.1, 0.15) is 82.8 Å². The summed E-state index contributed by atoms with van der Waals surface area (Å²) >= 11 is 0. The predicted octanol–water partition coefficient (Wildman–Crippen LogP) is 3.98. The maximum Gasteiger partial charge on any atom is 0.268 e. The van der Waals surface area contributed by atoms with Crippen LogP contribution >= 0.6 is 0 Å². The Hall–Kier alpha value is -3.74. The molecule has 0 spiro atoms. The van der Waals surface area contributed by atoms with E-state index in [1.165, 1.54) is 13.8 Å². The number of piperidine rings is 1. The number of hydrogen-bond acceptors (Lipinski definition) is 7. The van der Waals surface area contributed by atoms with Gasteiger partial charge in [0.05, 0.1) is 22.9 Å². The molecule has 1 saturated heterocycles. The lowest BCUT2D eigenvalue weighted by atomic mass is 9.72. The highest BCUT2D eigenvalue weighted by Gasteiger charge is 2.46. The average molecular weight is 736 g/mol. The molecule has 4 N–H and O–H groups in total. The molecular formula is C40H57N5O6S. The van der Waals surface area contributed by atoms with Crippen LogP contribution in [0.5, 0.6) is 0 Å². The molecule has 6 atom stereocenters. The Morgan fingerprint density at radius 2 is 1.56 bits per heavy atom. The number of likely N-dealkylation sites (tertiary alicyclic amines) is 1. The van der Waals surface area contributed by atoms with Crippen LogP contribution in [0.15, 0.2) is 60.7 Å². The van der Waals surface area contributed by atoms with Gasteiger partial charge in [-0.15, -0.1) is 0 Å². The summed E-state index contributed by atoms with van der Waals surface area (Å²) in [5.41, 5.74) is 1.52. The van der Waals surface area contributed by atoms with Crippen molar-refractivity contribution >= 4 is 38.5 Å². The van der Waals surface area contributed by atoms with Crippen LogP contribution in [-0.2, 0) is 32.9 Å². The number of aliphatic hydroxyl groups excluding tert-OH is 1. The SMILES string of the molecule is Cn1c(C(=O)NC(C(=O)NC(Cc2ccccc2)C(O)CN2CC3CCCCC3CC2C(=O)NC(C)(C)C)C(C)(C)S(C)(=O)=O)cc2ccccc21. The molecule has 2 fully saturated rings. The Morgan fingerprint density at radius 3 is 2.19 bits per heavy atom. The number of nitrogens with zero attached hydrogens (tertiary/aromatic N) is 2. The van der Waals surface area contributed by atoms with Gasteiger partial charge in [0.15, 0.2) is 9.84 Å². The third kappa shape index (κ3) is 9.06. The third-order valence-electron chi connectivity index (χ3n) is 11.2. The predicted molar refractivity (Wildman–Crippen MR) is 205 cm³/mol. The van der Waals surface area contributed by atoms with Gasteiger partial charge in [0.2, 0.25) is 11.8 Å². The molecule has 1 aliphatic carbocycles. The van der Waals surface area contributed by atoms with E-state index in [0.717, 1.165) is 48.4 Å². The fourth-order valence-corrected chi connectivity index (χ4v) is 8.49. The number of para-hydroxylation sites is 1. The van der Waals surface area contributed by atoms with Gasteiger partial charge in [-0.2, -0.15) is 0 Å². The lowest BCUT2D eigenvalue weighted by Crippen LogP contribution is -2.64. The van der Waals surface area contributed by atoms with E-state index in [-0.39, 0.29) is 24.6 Å². The molecule has 2 aliphatic rings. The van der Waals surface area contributed by atoms with Crippen LogP contribution in [0.4, 0.5) is 0 Å². The summed E-state index contributed by atoms with van der Waals surface area (Å²) in [5.74, 6) is -0.527. The molecule has 3 aromatic rings. The number of aryl methyl sites for hydroxylation is 1. The minimum atomic E-state index is -3.89. The monoisotopic (exact) mass is 735 g/mol. The average Bonchev–Trinajstić information content (AvgIpc) is 3.41. The third-order valence-corrected chi connectivity index (χ3v) is 13.3. The number of carbonyl (C=O) groups is 3. The highest BCUT2D eigenvalue weighted by atomic mass is 32.2. The molecule has 0 radical (unpaired) electrons. The maximum absolute atomic E-state index is 14.4. The van der Waals surface area contributed by atoms with Crippen molar-refractivity contribution in [3.05, 3.63) is 71.9 Å². The Labute approximate surface area is 308 Å². The van der Waals surface area contributed by atoms with Gasteiger partial charge in [-0.3, -0.25) is 19.3 Å². The fourth-order valence-electron chi connectivity index (χ4n) is 7.89. The number of β-amino-alcohol motifs (C(OH)–C–C–N with tert-alkyl or cyclic N) is 1. The Balaban J connectivity index is 1.44. The van der Waals surface area contributed by atoms with Crippen molar-refractivity contribution in [1.29, 1.82) is 0 Å². The lowest BCUT2D eigenvalue weighted by molar-refractivity contribution is -0.133. The number of rotatable bonds is 12. The first kappa shape index (κ1) is 39.5. The number of nitrogens with one attached hydrogen (secondary N) is 3. The van der Waals surface area contributed by atoms with Gasteiger partial charge in [-0.05, 0) is 83.4 Å². The van der Waals surface area contributed by atoms with Gasteiger partial charge in [0.25, 0.3) is 5.91 Å². The second kappa shape index (κ2) is 15.7. The zero-order valence-electron chi connectivity index (χ0n) is 31.7. The fraction of sp³-hybridized carbons (Fsp3) is 0.575. The van der Waals surface area contributed by atoms with Gasteiger partial charge < -0.3 is 25.6 Å². The van der Waals surface area contributed by atoms with Gasteiger partial charge in [-0.1, -0.05) is 67.8 Å². The number of hydrogen-bond donors (Lipinski definition) is 4. The molecule has 1 saturated carbocycles. The second-order valence-corrected chi connectivity index (χ2v) is 19.1. The van der Waals surface area contributed by atoms with Gasteiger partial charge in [0, 0.05) is 42.8 Å². The zero-order chi connectivity index (χ0) is 38.0. The molecule has 284 valence electrons. The molecule has 3 amide bonds. The number of aromatic nitrogens is 1. The van der Waals surface area contributed by atoms with E-state index in [2.05, 4.69) is 20.9 Å². The molecule has 1 aliphatic heterocycles. The van der Waals surface area contributed by atoms with E-state index in [4.69, 9.17) is 0 Å².